The van der Waals surface area contributed by atoms with Gasteiger partial charge in [0.25, 0.3) is 0 Å². The van der Waals surface area contributed by atoms with Gasteiger partial charge in [-0.1, -0.05) is 100 Å². The second-order valence-corrected chi connectivity index (χ2v) is 21.1. The number of ketones is 1. The monoisotopic (exact) mass is 905 g/mol. The van der Waals surface area contributed by atoms with Crippen molar-refractivity contribution in [1.29, 1.82) is 0 Å². The van der Waals surface area contributed by atoms with Crippen LogP contribution in [0.1, 0.15) is 179 Å². The van der Waals surface area contributed by atoms with Crippen LogP contribution in [-0.4, -0.2) is 105 Å². The average molecular weight is 905 g/mol. The van der Waals surface area contributed by atoms with E-state index in [1.54, 1.807) is 6.92 Å². The molecule has 13 heteroatoms. The Kier molecular flexibility index (Phi) is 18.4. The summed E-state index contributed by atoms with van der Waals surface area (Å²) < 4.78 is 34.7. The number of carboxylic acids is 1. The maximum Gasteiger partial charge on any atom is 0.315 e. The normalized spacial score (nSPS) is 40.1. The summed E-state index contributed by atoms with van der Waals surface area (Å²) in [6, 6.07) is -0.952. The lowest BCUT2D eigenvalue weighted by atomic mass is 9.72. The average Bonchev–Trinajstić information content (AvgIpc) is 3.61. The van der Waals surface area contributed by atoms with Crippen LogP contribution in [0.2, 0.25) is 0 Å². The van der Waals surface area contributed by atoms with Crippen molar-refractivity contribution in [2.75, 3.05) is 6.54 Å². The SMILES string of the molecule is CCCCCCCCNC(=O)NC1C=C[C@]2(O[C@H]([C@@H](CC)C(=O)[C@@H](C)[C@@H](O)[C@H](C)[C@@H]3O[C@@H]([C@@H](CC)C(=O)O)CC[C@@H]3C)[C@@H](C)C[C@H]2C)O[C@@]12CC[C@@](C)([C@H]1CC[C@](O)(CC)[C@H](C)O1)O2. The Labute approximate surface area is 385 Å². The van der Waals surface area contributed by atoms with Gasteiger partial charge in [0.05, 0.1) is 53.7 Å². The molecule has 0 aromatic heterocycles. The van der Waals surface area contributed by atoms with Crippen molar-refractivity contribution in [2.24, 2.45) is 41.4 Å². The number of hydrogen-bond acceptors (Lipinski definition) is 10. The molecule has 18 atom stereocenters. The molecule has 2 spiro atoms. The van der Waals surface area contributed by atoms with E-state index < -0.39 is 76.8 Å². The van der Waals surface area contributed by atoms with Crippen molar-refractivity contribution in [2.45, 2.75) is 244 Å². The fourth-order valence-corrected chi connectivity index (χ4v) is 12.0. The van der Waals surface area contributed by atoms with Crippen LogP contribution in [0, 0.1) is 41.4 Å². The Hall–Kier alpha value is -2.13. The number of carboxylic acid groups (broad SMARTS) is 1. The summed E-state index contributed by atoms with van der Waals surface area (Å²) in [5.41, 5.74) is -1.69. The van der Waals surface area contributed by atoms with Crippen LogP contribution in [0.4, 0.5) is 4.79 Å². The molecular formula is C51H88N2O11. The Balaban J connectivity index is 1.36. The van der Waals surface area contributed by atoms with E-state index in [1.165, 1.54) is 19.3 Å². The van der Waals surface area contributed by atoms with Gasteiger partial charge in [-0.15, -0.1) is 0 Å². The molecule has 4 saturated heterocycles. The van der Waals surface area contributed by atoms with Crippen molar-refractivity contribution in [3.8, 4) is 0 Å². The maximum atomic E-state index is 14.7. The van der Waals surface area contributed by atoms with Gasteiger partial charge in [0.2, 0.25) is 0 Å². The number of aliphatic hydroxyl groups is 2. The van der Waals surface area contributed by atoms with Crippen molar-refractivity contribution < 1.29 is 53.4 Å². The standard InChI is InChI=1S/C51H88N2O11/c1-12-16-17-18-19-20-29-52-47(58)53-40-23-26-50(64-51(40)28-27-48(11,63-51)41-24-25-49(59,15-4)36(10)60-41)33(7)30-32(6)45(62-50)38(14-3)43(55)34(8)42(54)35(9)44-31(5)21-22-39(61-44)37(13-2)46(56)57/h23,26,31-42,44-45,54,59H,12-22,24-25,27-30H2,1-11H3,(H,56,57)(H2,52,53,58)/t31-,32-,33+,34-,35-,36-,37+,38-,39+,40?,41+,42+,44+,45-,48-,49+,50-,51-/m0/s1. The maximum absolute atomic E-state index is 14.7. The lowest BCUT2D eigenvalue weighted by Gasteiger charge is -2.55. The van der Waals surface area contributed by atoms with Crippen LogP contribution < -0.4 is 10.6 Å². The quantitative estimate of drug-likeness (QED) is 0.0582. The van der Waals surface area contributed by atoms with E-state index >= 15 is 0 Å². The molecule has 0 aliphatic carbocycles. The number of aliphatic hydroxyl groups excluding tert-OH is 1. The molecule has 368 valence electrons. The number of carbonyl (C=O) groups excluding carboxylic acids is 2. The molecule has 0 aromatic carbocycles. The van der Waals surface area contributed by atoms with Crippen LogP contribution in [0.15, 0.2) is 12.2 Å². The predicted molar refractivity (Wildman–Crippen MR) is 246 cm³/mol. The fourth-order valence-electron chi connectivity index (χ4n) is 12.0. The first-order valence-electron chi connectivity index (χ1n) is 25.5. The highest BCUT2D eigenvalue weighted by molar-refractivity contribution is 5.84. The summed E-state index contributed by atoms with van der Waals surface area (Å²) in [6.45, 7) is 22.5. The molecule has 5 aliphatic rings. The van der Waals surface area contributed by atoms with Crippen molar-refractivity contribution in [1.82, 2.24) is 10.6 Å². The number of amides is 2. The number of rotatable bonds is 20. The second-order valence-electron chi connectivity index (χ2n) is 21.1. The molecule has 5 heterocycles. The molecule has 5 aliphatic heterocycles. The number of hydrogen-bond donors (Lipinski definition) is 5. The van der Waals surface area contributed by atoms with Crippen molar-refractivity contribution in [3.05, 3.63) is 12.2 Å². The molecular weight excluding hydrogens is 817 g/mol. The Morgan fingerprint density at radius 2 is 1.52 bits per heavy atom. The molecule has 5 N–H and O–H groups in total. The highest BCUT2D eigenvalue weighted by Gasteiger charge is 2.63. The van der Waals surface area contributed by atoms with Crippen molar-refractivity contribution in [3.63, 3.8) is 0 Å². The van der Waals surface area contributed by atoms with Crippen LogP contribution in [0.5, 0.6) is 0 Å². The van der Waals surface area contributed by atoms with Crippen LogP contribution in [0.3, 0.4) is 0 Å². The molecule has 1 unspecified atom stereocenters. The topological polar surface area (TPSA) is 182 Å². The van der Waals surface area contributed by atoms with Gasteiger partial charge < -0.3 is 49.6 Å². The minimum atomic E-state index is -1.32. The minimum Gasteiger partial charge on any atom is -0.481 e. The molecule has 0 saturated carbocycles. The summed E-state index contributed by atoms with van der Waals surface area (Å²) in [7, 11) is 0. The van der Waals surface area contributed by atoms with E-state index in [0.717, 1.165) is 25.7 Å². The first-order chi connectivity index (χ1) is 30.2. The first kappa shape index (κ1) is 52.8. The van der Waals surface area contributed by atoms with Gasteiger partial charge in [0.1, 0.15) is 11.8 Å². The summed E-state index contributed by atoms with van der Waals surface area (Å²) in [5.74, 6) is -5.92. The Bertz CT molecular complexity index is 1580. The molecule has 0 bridgehead atoms. The number of ether oxygens (including phenoxy) is 5. The van der Waals surface area contributed by atoms with E-state index in [9.17, 15) is 29.7 Å². The molecule has 4 fully saturated rings. The van der Waals surface area contributed by atoms with Gasteiger partial charge >= 0.3 is 12.0 Å². The molecule has 13 nitrogen and oxygen atoms in total. The molecule has 64 heavy (non-hydrogen) atoms. The van der Waals surface area contributed by atoms with Gasteiger partial charge in [0.15, 0.2) is 11.6 Å². The number of Topliss-reactive ketones (excluding diaryl/α,β-unsaturated/α-hetero) is 1. The lowest BCUT2D eigenvalue weighted by molar-refractivity contribution is -0.397. The first-order valence-corrected chi connectivity index (χ1v) is 25.5. The summed E-state index contributed by atoms with van der Waals surface area (Å²) >= 11 is 0. The summed E-state index contributed by atoms with van der Waals surface area (Å²) in [5, 5.41) is 39.3. The fraction of sp³-hybridized carbons (Fsp3) is 0.902. The van der Waals surface area contributed by atoms with Crippen molar-refractivity contribution >= 4 is 17.8 Å². The van der Waals surface area contributed by atoms with Gasteiger partial charge in [-0.05, 0) is 96.0 Å². The van der Waals surface area contributed by atoms with Gasteiger partial charge in [0, 0.05) is 36.6 Å². The number of unbranched alkanes of at least 4 members (excludes halogenated alkanes) is 5. The van der Waals surface area contributed by atoms with E-state index in [2.05, 4.69) is 38.3 Å². The highest BCUT2D eigenvalue weighted by atomic mass is 16.8. The smallest absolute Gasteiger partial charge is 0.315 e. The van der Waals surface area contributed by atoms with Crippen LogP contribution in [0.25, 0.3) is 0 Å². The van der Waals surface area contributed by atoms with Gasteiger partial charge in [-0.2, -0.15) is 0 Å². The van der Waals surface area contributed by atoms with Gasteiger partial charge in [-0.3, -0.25) is 9.59 Å². The van der Waals surface area contributed by atoms with Crippen LogP contribution in [-0.2, 0) is 33.3 Å². The van der Waals surface area contributed by atoms with E-state index in [-0.39, 0.29) is 47.9 Å². The Morgan fingerprint density at radius 3 is 2.16 bits per heavy atom. The second kappa shape index (κ2) is 22.3. The third kappa shape index (κ3) is 11.4. The lowest BCUT2D eigenvalue weighted by Crippen LogP contribution is -2.66. The summed E-state index contributed by atoms with van der Waals surface area (Å²) in [6.07, 6.45) is 13.4. The largest absolute Gasteiger partial charge is 0.481 e. The number of aliphatic carboxylic acids is 1. The molecule has 0 aromatic rings. The molecule has 5 rings (SSSR count). The number of urea groups is 1. The zero-order valence-electron chi connectivity index (χ0n) is 41.4. The third-order valence-corrected chi connectivity index (χ3v) is 16.6. The van der Waals surface area contributed by atoms with E-state index in [0.29, 0.717) is 64.3 Å². The van der Waals surface area contributed by atoms with Gasteiger partial charge in [-0.25, -0.2) is 4.79 Å². The summed E-state index contributed by atoms with van der Waals surface area (Å²) in [4.78, 5) is 40.3. The van der Waals surface area contributed by atoms with E-state index in [4.69, 9.17) is 23.7 Å². The molecule has 2 amide bonds. The highest BCUT2D eigenvalue weighted by Crippen LogP contribution is 2.54. The third-order valence-electron chi connectivity index (χ3n) is 16.6. The predicted octanol–water partition coefficient (Wildman–Crippen LogP) is 8.86. The van der Waals surface area contributed by atoms with E-state index in [1.807, 2.05) is 53.7 Å². The zero-order chi connectivity index (χ0) is 47.2. The zero-order valence-corrected chi connectivity index (χ0v) is 41.4. The minimum absolute atomic E-state index is 0.0125. The van der Waals surface area contributed by atoms with Crippen LogP contribution >= 0.6 is 0 Å². The molecule has 0 radical (unpaired) electrons. The Morgan fingerprint density at radius 1 is 0.828 bits per heavy atom. The number of nitrogens with one attached hydrogen (secondary N) is 2. The number of carbonyl (C=O) groups is 3.